The molecule has 2 aromatic rings. The van der Waals surface area contributed by atoms with Gasteiger partial charge in [0.05, 0.1) is 24.0 Å². The molecular weight excluding hydrogens is 272 g/mol. The highest BCUT2D eigenvalue weighted by atomic mass is 32.1. The van der Waals surface area contributed by atoms with Gasteiger partial charge in [-0.05, 0) is 36.6 Å². The van der Waals surface area contributed by atoms with Crippen molar-refractivity contribution in [1.29, 1.82) is 0 Å². The van der Waals surface area contributed by atoms with E-state index in [0.29, 0.717) is 11.3 Å². The van der Waals surface area contributed by atoms with Crippen LogP contribution in [0.4, 0.5) is 11.4 Å². The number of rotatable bonds is 5. The van der Waals surface area contributed by atoms with Gasteiger partial charge in [-0.2, -0.15) is 0 Å². The Hall–Kier alpha value is -2.01. The van der Waals surface area contributed by atoms with Gasteiger partial charge in [0.15, 0.2) is 0 Å². The summed E-state index contributed by atoms with van der Waals surface area (Å²) < 4.78 is 4.67. The number of thiophene rings is 1. The second-order valence-corrected chi connectivity index (χ2v) is 5.65. The number of hydrogen-bond donors (Lipinski definition) is 2. The van der Waals surface area contributed by atoms with Gasteiger partial charge in [-0.15, -0.1) is 11.3 Å². The quantitative estimate of drug-likeness (QED) is 0.656. The lowest BCUT2D eigenvalue weighted by atomic mass is 10.1. The Bertz CT molecular complexity index is 582. The molecule has 0 aliphatic carbocycles. The van der Waals surface area contributed by atoms with Crippen molar-refractivity contribution in [2.75, 3.05) is 18.2 Å². The summed E-state index contributed by atoms with van der Waals surface area (Å²) in [5, 5.41) is 5.43. The first-order chi connectivity index (χ1) is 9.60. The lowest BCUT2D eigenvalue weighted by Gasteiger charge is -2.16. The molecule has 1 aromatic carbocycles. The second kappa shape index (κ2) is 6.43. The van der Waals surface area contributed by atoms with E-state index >= 15 is 0 Å². The molecule has 0 saturated carbocycles. The van der Waals surface area contributed by atoms with Crippen molar-refractivity contribution in [3.05, 3.63) is 46.2 Å². The maximum Gasteiger partial charge on any atom is 0.337 e. The summed E-state index contributed by atoms with van der Waals surface area (Å²) in [6, 6.07) is 9.58. The molecule has 0 saturated heterocycles. The number of carbonyl (C=O) groups is 1. The van der Waals surface area contributed by atoms with Gasteiger partial charge in [0.25, 0.3) is 0 Å². The van der Waals surface area contributed by atoms with Gasteiger partial charge < -0.3 is 15.8 Å². The molecule has 5 heteroatoms. The molecule has 2 rings (SSSR count). The van der Waals surface area contributed by atoms with Gasteiger partial charge in [0, 0.05) is 17.3 Å². The molecule has 0 aliphatic heterocycles. The SMILES string of the molecule is COC(=O)c1ccc(NC(C)Cc2cccs2)c(N)c1. The molecule has 0 bridgehead atoms. The summed E-state index contributed by atoms with van der Waals surface area (Å²) in [7, 11) is 1.35. The molecule has 1 heterocycles. The summed E-state index contributed by atoms with van der Waals surface area (Å²) in [4.78, 5) is 12.7. The van der Waals surface area contributed by atoms with Crippen LogP contribution in [0.5, 0.6) is 0 Å². The molecule has 3 N–H and O–H groups in total. The van der Waals surface area contributed by atoms with Crippen LogP contribution in [0.2, 0.25) is 0 Å². The summed E-state index contributed by atoms with van der Waals surface area (Å²) in [5.74, 6) is -0.380. The van der Waals surface area contributed by atoms with Crippen LogP contribution in [-0.2, 0) is 11.2 Å². The van der Waals surface area contributed by atoms with E-state index in [9.17, 15) is 4.79 Å². The Kier molecular flexibility index (Phi) is 4.63. The van der Waals surface area contributed by atoms with Crippen molar-refractivity contribution in [3.8, 4) is 0 Å². The van der Waals surface area contributed by atoms with E-state index in [1.165, 1.54) is 12.0 Å². The van der Waals surface area contributed by atoms with E-state index in [1.54, 1.807) is 23.5 Å². The molecule has 0 radical (unpaired) electrons. The van der Waals surface area contributed by atoms with Crippen LogP contribution in [0, 0.1) is 0 Å². The number of hydrogen-bond acceptors (Lipinski definition) is 5. The highest BCUT2D eigenvalue weighted by Gasteiger charge is 2.10. The first-order valence-corrected chi connectivity index (χ1v) is 7.25. The fraction of sp³-hybridized carbons (Fsp3) is 0.267. The minimum atomic E-state index is -0.380. The summed E-state index contributed by atoms with van der Waals surface area (Å²) in [6.45, 7) is 2.10. The lowest BCUT2D eigenvalue weighted by Crippen LogP contribution is -2.18. The van der Waals surface area contributed by atoms with Gasteiger partial charge in [-0.3, -0.25) is 0 Å². The standard InChI is InChI=1S/C15H18N2O2S/c1-10(8-12-4-3-7-20-12)17-14-6-5-11(9-13(14)16)15(18)19-2/h3-7,9-10,17H,8,16H2,1-2H3. The number of methoxy groups -OCH3 is 1. The number of esters is 1. The third-order valence-corrected chi connectivity index (χ3v) is 3.86. The molecule has 1 unspecified atom stereocenters. The second-order valence-electron chi connectivity index (χ2n) is 4.62. The maximum atomic E-state index is 11.4. The van der Waals surface area contributed by atoms with Gasteiger partial charge in [0.2, 0.25) is 0 Å². The van der Waals surface area contributed by atoms with Gasteiger partial charge in [0.1, 0.15) is 0 Å². The van der Waals surface area contributed by atoms with Crippen molar-refractivity contribution < 1.29 is 9.53 Å². The molecule has 0 spiro atoms. The summed E-state index contributed by atoms with van der Waals surface area (Å²) >= 11 is 1.74. The Morgan fingerprint density at radius 2 is 2.25 bits per heavy atom. The zero-order chi connectivity index (χ0) is 14.5. The zero-order valence-electron chi connectivity index (χ0n) is 11.6. The fourth-order valence-corrected chi connectivity index (χ4v) is 2.82. The number of carbonyl (C=O) groups excluding carboxylic acids is 1. The number of benzene rings is 1. The summed E-state index contributed by atoms with van der Waals surface area (Å²) in [6.07, 6.45) is 0.940. The minimum absolute atomic E-state index is 0.264. The van der Waals surface area contributed by atoms with Crippen molar-refractivity contribution in [2.24, 2.45) is 0 Å². The average molecular weight is 290 g/mol. The molecule has 4 nitrogen and oxygen atoms in total. The van der Waals surface area contributed by atoms with Crippen LogP contribution >= 0.6 is 11.3 Å². The number of nitrogens with one attached hydrogen (secondary N) is 1. The Morgan fingerprint density at radius 3 is 2.85 bits per heavy atom. The molecule has 106 valence electrons. The molecule has 1 aromatic heterocycles. The zero-order valence-corrected chi connectivity index (χ0v) is 12.4. The molecule has 0 fully saturated rings. The van der Waals surface area contributed by atoms with Crippen LogP contribution in [0.3, 0.4) is 0 Å². The predicted molar refractivity (Wildman–Crippen MR) is 83.3 cm³/mol. The first kappa shape index (κ1) is 14.4. The monoisotopic (exact) mass is 290 g/mol. The number of anilines is 2. The van der Waals surface area contributed by atoms with E-state index in [4.69, 9.17) is 5.73 Å². The highest BCUT2D eigenvalue weighted by molar-refractivity contribution is 7.09. The third-order valence-electron chi connectivity index (χ3n) is 2.96. The van der Waals surface area contributed by atoms with E-state index < -0.39 is 0 Å². The Morgan fingerprint density at radius 1 is 1.45 bits per heavy atom. The normalized spacial score (nSPS) is 11.9. The minimum Gasteiger partial charge on any atom is -0.465 e. The van der Waals surface area contributed by atoms with Crippen molar-refractivity contribution in [1.82, 2.24) is 0 Å². The summed E-state index contributed by atoms with van der Waals surface area (Å²) in [5.41, 5.74) is 7.81. The predicted octanol–water partition coefficient (Wildman–Crippen LogP) is 3.16. The average Bonchev–Trinajstić information content (AvgIpc) is 2.93. The smallest absolute Gasteiger partial charge is 0.337 e. The number of nitrogen functional groups attached to an aromatic ring is 1. The molecular formula is C15H18N2O2S. The van der Waals surface area contributed by atoms with Crippen molar-refractivity contribution in [3.63, 3.8) is 0 Å². The van der Waals surface area contributed by atoms with Crippen LogP contribution < -0.4 is 11.1 Å². The topological polar surface area (TPSA) is 64.3 Å². The number of nitrogens with two attached hydrogens (primary N) is 1. The fourth-order valence-electron chi connectivity index (χ4n) is 1.99. The van der Waals surface area contributed by atoms with Crippen LogP contribution in [0.15, 0.2) is 35.7 Å². The van der Waals surface area contributed by atoms with E-state index in [-0.39, 0.29) is 12.0 Å². The molecule has 0 aliphatic rings. The van der Waals surface area contributed by atoms with Crippen LogP contribution in [-0.4, -0.2) is 19.1 Å². The van der Waals surface area contributed by atoms with Crippen molar-refractivity contribution >= 4 is 28.7 Å². The molecule has 20 heavy (non-hydrogen) atoms. The van der Waals surface area contributed by atoms with E-state index in [1.807, 2.05) is 12.1 Å². The first-order valence-electron chi connectivity index (χ1n) is 6.37. The third kappa shape index (κ3) is 3.51. The van der Waals surface area contributed by atoms with E-state index in [2.05, 4.69) is 28.4 Å². The maximum absolute atomic E-state index is 11.4. The molecule has 0 amide bonds. The molecule has 1 atom stereocenters. The van der Waals surface area contributed by atoms with E-state index in [0.717, 1.165) is 12.1 Å². The van der Waals surface area contributed by atoms with Gasteiger partial charge >= 0.3 is 5.97 Å². The Labute approximate surface area is 122 Å². The van der Waals surface area contributed by atoms with Crippen LogP contribution in [0.1, 0.15) is 22.2 Å². The van der Waals surface area contributed by atoms with Gasteiger partial charge in [-0.25, -0.2) is 4.79 Å². The van der Waals surface area contributed by atoms with Crippen LogP contribution in [0.25, 0.3) is 0 Å². The Balaban J connectivity index is 2.04. The number of ether oxygens (including phenoxy) is 1. The largest absolute Gasteiger partial charge is 0.465 e. The van der Waals surface area contributed by atoms with Crippen molar-refractivity contribution in [2.45, 2.75) is 19.4 Å². The highest BCUT2D eigenvalue weighted by Crippen LogP contribution is 2.22. The lowest BCUT2D eigenvalue weighted by molar-refractivity contribution is 0.0601. The van der Waals surface area contributed by atoms with Gasteiger partial charge in [-0.1, -0.05) is 6.07 Å².